The van der Waals surface area contributed by atoms with Crippen LogP contribution in [0.25, 0.3) is 0 Å². The minimum atomic E-state index is 0.0267. The molecule has 162 valence electrons. The third-order valence-electron chi connectivity index (χ3n) is 10.1. The first-order valence-electron chi connectivity index (χ1n) is 12.4. The number of ketones is 1. The van der Waals surface area contributed by atoms with E-state index in [9.17, 15) is 4.79 Å². The SMILES string of the molecule is C[C@@H](OC1CCCCO1)[C@H]1CC[C@H]2[C@@H]3CCC4=CC(=O)CC[C@]4(C)[C@H]3CC[C@]12C. The number of ether oxygens (including phenoxy) is 2. The number of hydrogen-bond acceptors (Lipinski definition) is 3. The molecule has 0 aromatic heterocycles. The van der Waals surface area contributed by atoms with Crippen LogP contribution in [-0.2, 0) is 14.3 Å². The van der Waals surface area contributed by atoms with Gasteiger partial charge in [0.05, 0.1) is 6.10 Å². The standard InChI is InChI=1S/C26H40O3/c1-17(29-24-6-4-5-15-28-24)21-9-10-22-20-8-7-18-16-19(27)11-13-25(18,2)23(20)12-14-26(21,22)3/h16-17,20-24H,4-15H2,1-3H3/t17-,20+,21-,22+,23+,24?,25+,26-/m1/s1. The van der Waals surface area contributed by atoms with Crippen molar-refractivity contribution >= 4 is 5.78 Å². The molecule has 1 saturated heterocycles. The highest BCUT2D eigenvalue weighted by atomic mass is 16.7. The predicted molar refractivity (Wildman–Crippen MR) is 114 cm³/mol. The molecule has 3 nitrogen and oxygen atoms in total. The zero-order chi connectivity index (χ0) is 20.2. The van der Waals surface area contributed by atoms with E-state index in [0.29, 0.717) is 23.2 Å². The van der Waals surface area contributed by atoms with Gasteiger partial charge in [-0.2, -0.15) is 0 Å². The van der Waals surface area contributed by atoms with Crippen LogP contribution >= 0.6 is 0 Å². The maximum Gasteiger partial charge on any atom is 0.157 e. The first-order chi connectivity index (χ1) is 13.9. The molecule has 1 heterocycles. The van der Waals surface area contributed by atoms with Crippen LogP contribution < -0.4 is 0 Å². The van der Waals surface area contributed by atoms with Crippen LogP contribution in [0.15, 0.2) is 11.6 Å². The second-order valence-corrected chi connectivity index (χ2v) is 11.3. The summed E-state index contributed by atoms with van der Waals surface area (Å²) in [4.78, 5) is 12.0. The molecule has 8 atom stereocenters. The van der Waals surface area contributed by atoms with Crippen molar-refractivity contribution in [3.05, 3.63) is 11.6 Å². The molecule has 1 aliphatic heterocycles. The monoisotopic (exact) mass is 400 g/mol. The maximum absolute atomic E-state index is 12.0. The van der Waals surface area contributed by atoms with Crippen LogP contribution in [0.3, 0.4) is 0 Å². The summed E-state index contributed by atoms with van der Waals surface area (Å²) < 4.78 is 12.4. The highest BCUT2D eigenvalue weighted by molar-refractivity contribution is 5.91. The summed E-state index contributed by atoms with van der Waals surface area (Å²) in [6.07, 6.45) is 15.5. The largest absolute Gasteiger partial charge is 0.353 e. The van der Waals surface area contributed by atoms with Gasteiger partial charge in [-0.3, -0.25) is 4.79 Å². The molecule has 0 radical (unpaired) electrons. The Hall–Kier alpha value is -0.670. The fraction of sp³-hybridized carbons (Fsp3) is 0.885. The molecule has 0 amide bonds. The molecule has 0 bridgehead atoms. The second kappa shape index (κ2) is 7.48. The lowest BCUT2D eigenvalue weighted by atomic mass is 9.46. The van der Waals surface area contributed by atoms with E-state index in [4.69, 9.17) is 9.47 Å². The summed E-state index contributed by atoms with van der Waals surface area (Å²) in [7, 11) is 0. The van der Waals surface area contributed by atoms with Crippen LogP contribution in [-0.4, -0.2) is 24.8 Å². The Labute approximate surface area is 177 Å². The topological polar surface area (TPSA) is 35.5 Å². The zero-order valence-electron chi connectivity index (χ0n) is 18.8. The average Bonchev–Trinajstić information content (AvgIpc) is 3.06. The van der Waals surface area contributed by atoms with Gasteiger partial charge in [0, 0.05) is 13.0 Å². The second-order valence-electron chi connectivity index (χ2n) is 11.3. The predicted octanol–water partition coefficient (Wildman–Crippen LogP) is 6.07. The van der Waals surface area contributed by atoms with Gasteiger partial charge in [0.2, 0.25) is 0 Å². The van der Waals surface area contributed by atoms with Crippen molar-refractivity contribution < 1.29 is 14.3 Å². The quantitative estimate of drug-likeness (QED) is 0.577. The third kappa shape index (κ3) is 3.26. The van der Waals surface area contributed by atoms with Crippen molar-refractivity contribution in [1.29, 1.82) is 0 Å². The molecular formula is C26H40O3. The van der Waals surface area contributed by atoms with Crippen molar-refractivity contribution in [3.8, 4) is 0 Å². The molecule has 5 aliphatic rings. The van der Waals surface area contributed by atoms with E-state index >= 15 is 0 Å². The van der Waals surface area contributed by atoms with Crippen LogP contribution in [0.5, 0.6) is 0 Å². The number of fused-ring (bicyclic) bond motifs is 5. The minimum Gasteiger partial charge on any atom is -0.353 e. The van der Waals surface area contributed by atoms with E-state index in [0.717, 1.165) is 50.0 Å². The summed E-state index contributed by atoms with van der Waals surface area (Å²) in [6, 6.07) is 0. The molecule has 0 spiro atoms. The van der Waals surface area contributed by atoms with Crippen molar-refractivity contribution in [2.24, 2.45) is 34.5 Å². The van der Waals surface area contributed by atoms with Crippen molar-refractivity contribution in [2.45, 2.75) is 104 Å². The highest BCUT2D eigenvalue weighted by Crippen LogP contribution is 2.67. The molecule has 0 aromatic carbocycles. The van der Waals surface area contributed by atoms with Gasteiger partial charge in [-0.05, 0) is 112 Å². The number of carbonyl (C=O) groups excluding carboxylic acids is 1. The zero-order valence-corrected chi connectivity index (χ0v) is 18.8. The normalized spacial score (nSPS) is 48.3. The number of hydrogen-bond donors (Lipinski definition) is 0. The summed E-state index contributed by atoms with van der Waals surface area (Å²) in [5.41, 5.74) is 2.19. The molecule has 4 fully saturated rings. The van der Waals surface area contributed by atoms with Gasteiger partial charge in [0.25, 0.3) is 0 Å². The third-order valence-corrected chi connectivity index (χ3v) is 10.1. The Bertz CT molecular complexity index is 677. The van der Waals surface area contributed by atoms with E-state index < -0.39 is 0 Å². The van der Waals surface area contributed by atoms with E-state index in [2.05, 4.69) is 20.8 Å². The summed E-state index contributed by atoms with van der Waals surface area (Å²) in [5, 5.41) is 0. The molecule has 3 saturated carbocycles. The number of rotatable bonds is 3. The van der Waals surface area contributed by atoms with Crippen LogP contribution in [0.1, 0.15) is 91.4 Å². The highest BCUT2D eigenvalue weighted by Gasteiger charge is 2.59. The van der Waals surface area contributed by atoms with E-state index in [1.54, 1.807) is 0 Å². The molecule has 0 aromatic rings. The first-order valence-corrected chi connectivity index (χ1v) is 12.4. The molecule has 1 unspecified atom stereocenters. The van der Waals surface area contributed by atoms with Gasteiger partial charge >= 0.3 is 0 Å². The minimum absolute atomic E-state index is 0.0267. The molecule has 4 aliphatic carbocycles. The lowest BCUT2D eigenvalue weighted by Gasteiger charge is -2.58. The molecular weight excluding hydrogens is 360 g/mol. The molecule has 29 heavy (non-hydrogen) atoms. The van der Waals surface area contributed by atoms with Gasteiger partial charge in [-0.15, -0.1) is 0 Å². The van der Waals surface area contributed by atoms with Crippen LogP contribution in [0, 0.1) is 34.5 Å². The fourth-order valence-electron chi connectivity index (χ4n) is 8.52. The Morgan fingerprint density at radius 1 is 1.03 bits per heavy atom. The summed E-state index contributed by atoms with van der Waals surface area (Å²) in [5.74, 6) is 3.49. The number of carbonyl (C=O) groups is 1. The lowest BCUT2D eigenvalue weighted by Crippen LogP contribution is -2.51. The molecule has 5 rings (SSSR count). The average molecular weight is 401 g/mol. The fourth-order valence-corrected chi connectivity index (χ4v) is 8.52. The number of allylic oxidation sites excluding steroid dienone is 1. The smallest absolute Gasteiger partial charge is 0.157 e. The van der Waals surface area contributed by atoms with E-state index in [1.165, 1.54) is 50.5 Å². The molecule has 3 heteroatoms. The van der Waals surface area contributed by atoms with Gasteiger partial charge in [-0.25, -0.2) is 0 Å². The summed E-state index contributed by atoms with van der Waals surface area (Å²) >= 11 is 0. The van der Waals surface area contributed by atoms with Crippen molar-refractivity contribution in [1.82, 2.24) is 0 Å². The lowest BCUT2D eigenvalue weighted by molar-refractivity contribution is -0.205. The van der Waals surface area contributed by atoms with Gasteiger partial charge < -0.3 is 9.47 Å². The van der Waals surface area contributed by atoms with Gasteiger partial charge in [0.15, 0.2) is 12.1 Å². The van der Waals surface area contributed by atoms with E-state index in [-0.39, 0.29) is 11.7 Å². The van der Waals surface area contributed by atoms with E-state index in [1.807, 2.05) is 6.08 Å². The van der Waals surface area contributed by atoms with Crippen LogP contribution in [0.4, 0.5) is 0 Å². The van der Waals surface area contributed by atoms with Gasteiger partial charge in [-0.1, -0.05) is 19.4 Å². The first kappa shape index (κ1) is 20.2. The Morgan fingerprint density at radius 3 is 2.69 bits per heavy atom. The maximum atomic E-state index is 12.0. The summed E-state index contributed by atoms with van der Waals surface area (Å²) in [6.45, 7) is 8.26. The molecule has 0 N–H and O–H groups in total. The van der Waals surface area contributed by atoms with Gasteiger partial charge in [0.1, 0.15) is 0 Å². The Balaban J connectivity index is 1.33. The van der Waals surface area contributed by atoms with Crippen LogP contribution in [0.2, 0.25) is 0 Å². The Kier molecular flexibility index (Phi) is 5.22. The van der Waals surface area contributed by atoms with Crippen molar-refractivity contribution in [3.63, 3.8) is 0 Å². The Morgan fingerprint density at radius 2 is 1.90 bits per heavy atom. The van der Waals surface area contributed by atoms with Crippen molar-refractivity contribution in [2.75, 3.05) is 6.61 Å².